The van der Waals surface area contributed by atoms with Gasteiger partial charge in [0.2, 0.25) is 35.4 Å². The van der Waals surface area contributed by atoms with E-state index >= 15 is 0 Å². The van der Waals surface area contributed by atoms with Crippen LogP contribution in [0.15, 0.2) is 36.4 Å². The Morgan fingerprint density at radius 1 is 0.722 bits per heavy atom. The van der Waals surface area contributed by atoms with Crippen LogP contribution in [0.4, 0.5) is 0 Å². The van der Waals surface area contributed by atoms with Crippen LogP contribution in [-0.2, 0) is 49.5 Å². The van der Waals surface area contributed by atoms with Crippen LogP contribution in [0.3, 0.4) is 0 Å². The van der Waals surface area contributed by atoms with Crippen molar-refractivity contribution in [3.63, 3.8) is 0 Å². The largest absolute Gasteiger partial charge is 0.496 e. The lowest BCUT2D eigenvalue weighted by Gasteiger charge is -2.30. The van der Waals surface area contributed by atoms with Crippen molar-refractivity contribution in [2.45, 2.75) is 180 Å². The maximum atomic E-state index is 14.4. The normalized spacial score (nSPS) is 16.8. The Morgan fingerprint density at radius 3 is 1.90 bits per heavy atom. The summed E-state index contributed by atoms with van der Waals surface area (Å²) in [6.07, 6.45) is 18.7. The topological polar surface area (TPSA) is 211 Å². The first-order valence-electron chi connectivity index (χ1n) is 26.3. The molecule has 1 aliphatic rings. The third kappa shape index (κ3) is 19.7. The molecule has 3 rings (SSSR count). The fraction of sp³-hybridized carbons (Fsp3) is 0.655. The number of fused-ring (bicyclic) bond motifs is 5. The summed E-state index contributed by atoms with van der Waals surface area (Å²) in [6.45, 7) is 7.00. The summed E-state index contributed by atoms with van der Waals surface area (Å²) in [4.78, 5) is 97.8. The molecule has 17 nitrogen and oxygen atoms in total. The van der Waals surface area contributed by atoms with Gasteiger partial charge >= 0.3 is 5.97 Å². The maximum absolute atomic E-state index is 14.4. The van der Waals surface area contributed by atoms with Gasteiger partial charge in [-0.3, -0.25) is 28.8 Å². The van der Waals surface area contributed by atoms with Gasteiger partial charge in [0, 0.05) is 38.2 Å². The average molecular weight is 1010 g/mol. The number of carbonyl (C=O) groups is 7. The molecule has 0 unspecified atom stereocenters. The summed E-state index contributed by atoms with van der Waals surface area (Å²) < 4.78 is 22.3. The van der Waals surface area contributed by atoms with Crippen molar-refractivity contribution in [3.8, 4) is 22.6 Å². The second-order valence-electron chi connectivity index (χ2n) is 19.0. The molecule has 0 spiro atoms. The number of rotatable bonds is 29. The number of aryl methyl sites for hydroxylation is 1. The van der Waals surface area contributed by atoms with Crippen molar-refractivity contribution < 1.29 is 52.5 Å². The first-order valence-corrected chi connectivity index (χ1v) is 26.3. The van der Waals surface area contributed by atoms with E-state index in [9.17, 15) is 33.6 Å². The molecule has 0 aliphatic carbocycles. The third-order valence-electron chi connectivity index (χ3n) is 13.4. The molecule has 0 aromatic heterocycles. The van der Waals surface area contributed by atoms with Gasteiger partial charge in [0.25, 0.3) is 0 Å². The monoisotopic (exact) mass is 1010 g/mol. The molecule has 0 fully saturated rings. The molecule has 1 aliphatic heterocycles. The van der Waals surface area contributed by atoms with Crippen LogP contribution in [0.2, 0.25) is 0 Å². The van der Waals surface area contributed by atoms with Gasteiger partial charge in [0.15, 0.2) is 0 Å². The molecule has 4 N–H and O–H groups in total. The molecule has 0 saturated carbocycles. The highest BCUT2D eigenvalue weighted by atomic mass is 16.5. The Bertz CT molecular complexity index is 2050. The first kappa shape index (κ1) is 60.6. The van der Waals surface area contributed by atoms with Crippen molar-refractivity contribution in [2.75, 3.05) is 55.2 Å². The standard InChI is InChI=1S/C55H86N6O11/c1-10-12-14-15-16-17-18-19-20-21-22-23-24-28-48(62)60(5)45(37-72-33-13-11-2)53(66)57-38(3)51(64)56-36-49(63)61(6)50-41-30-32-47(70-8)43(35-41)42-34-40(29-31-46(42)69-7)26-25-27-44(55(68)71-9)59-52(65)39(4)58-54(50)67/h29-32,34-35,38-39,44-45,50H,10-28,33,36-37H2,1-9H3,(H,56,64)(H,57,66)(H,58,67)(H,59,65)/t38-,39+,44+,45-,50+/m1/s1. The number of nitrogens with one attached hydrogen (secondary N) is 4. The first-order chi connectivity index (χ1) is 34.6. The molecule has 1 heterocycles. The quantitative estimate of drug-likeness (QED) is 0.0476. The molecule has 72 heavy (non-hydrogen) atoms. The maximum Gasteiger partial charge on any atom is 0.328 e. The van der Waals surface area contributed by atoms with E-state index in [2.05, 4.69) is 28.2 Å². The number of unbranched alkanes of at least 4 members (excludes halogenated alkanes) is 13. The number of nitrogens with zero attached hydrogens (tertiary/aromatic N) is 2. The molecule has 0 radical (unpaired) electrons. The van der Waals surface area contributed by atoms with Gasteiger partial charge in [-0.2, -0.15) is 0 Å². The summed E-state index contributed by atoms with van der Waals surface area (Å²) in [5.74, 6) is -3.11. The molecule has 2 aromatic carbocycles. The zero-order valence-corrected chi connectivity index (χ0v) is 44.8. The SMILES string of the molecule is CCCCCCCCCCCCCCCC(=O)N(C)[C@H](COCCCC)C(=O)N[C@H](C)C(=O)NCC(=O)N(C)[C@@H]1C(=O)N[C@@H](C)C(=O)N[C@H](C(=O)OC)CCCc2ccc(OC)c(c2)-c2cc1ccc2OC. The smallest absolute Gasteiger partial charge is 0.328 e. The summed E-state index contributed by atoms with van der Waals surface area (Å²) in [5, 5.41) is 10.7. The molecule has 6 amide bonds. The van der Waals surface area contributed by atoms with Gasteiger partial charge in [0.1, 0.15) is 41.7 Å². The van der Waals surface area contributed by atoms with E-state index in [-0.39, 0.29) is 18.9 Å². The number of carbonyl (C=O) groups excluding carboxylic acids is 7. The lowest BCUT2D eigenvalue weighted by molar-refractivity contribution is -0.145. The summed E-state index contributed by atoms with van der Waals surface area (Å²) in [5.41, 5.74) is 2.48. The fourth-order valence-electron chi connectivity index (χ4n) is 8.74. The van der Waals surface area contributed by atoms with Crippen LogP contribution in [-0.4, -0.2) is 131 Å². The molecule has 2 aromatic rings. The van der Waals surface area contributed by atoms with Gasteiger partial charge < -0.3 is 50.0 Å². The lowest BCUT2D eigenvalue weighted by atomic mass is 9.94. The molecule has 5 atom stereocenters. The van der Waals surface area contributed by atoms with Crippen LogP contribution < -0.4 is 30.7 Å². The molecular formula is C55H86N6O11. The van der Waals surface area contributed by atoms with Crippen LogP contribution in [0, 0.1) is 0 Å². The van der Waals surface area contributed by atoms with E-state index in [0.29, 0.717) is 60.5 Å². The van der Waals surface area contributed by atoms with Gasteiger partial charge in [0.05, 0.1) is 34.5 Å². The highest BCUT2D eigenvalue weighted by Crippen LogP contribution is 2.39. The number of hydrogen-bond acceptors (Lipinski definition) is 11. The minimum Gasteiger partial charge on any atom is -0.496 e. The predicted octanol–water partition coefficient (Wildman–Crippen LogP) is 7.12. The third-order valence-corrected chi connectivity index (χ3v) is 13.4. The molecule has 4 bridgehead atoms. The second-order valence-corrected chi connectivity index (χ2v) is 19.0. The van der Waals surface area contributed by atoms with E-state index in [1.165, 1.54) is 105 Å². The molecule has 402 valence electrons. The summed E-state index contributed by atoms with van der Waals surface area (Å²) in [6, 6.07) is 5.09. The Hall–Kier alpha value is -5.71. The number of ether oxygens (including phenoxy) is 4. The van der Waals surface area contributed by atoms with Crippen molar-refractivity contribution >= 4 is 41.4 Å². The van der Waals surface area contributed by atoms with E-state index < -0.39 is 72.3 Å². The van der Waals surface area contributed by atoms with Crippen molar-refractivity contribution in [3.05, 3.63) is 47.5 Å². The number of likely N-dealkylation sites (N-methyl/N-ethyl adjacent to an activating group) is 2. The summed E-state index contributed by atoms with van der Waals surface area (Å²) in [7, 11) is 7.27. The van der Waals surface area contributed by atoms with Crippen LogP contribution in [0.1, 0.15) is 160 Å². The highest BCUT2D eigenvalue weighted by molar-refractivity contribution is 5.96. The van der Waals surface area contributed by atoms with E-state index in [4.69, 9.17) is 18.9 Å². The Labute approximate surface area is 428 Å². The molecular weight excluding hydrogens is 921 g/mol. The van der Waals surface area contributed by atoms with Crippen LogP contribution >= 0.6 is 0 Å². The predicted molar refractivity (Wildman–Crippen MR) is 278 cm³/mol. The minimum atomic E-state index is -1.34. The van der Waals surface area contributed by atoms with Crippen molar-refractivity contribution in [1.29, 1.82) is 0 Å². The Morgan fingerprint density at radius 2 is 1.31 bits per heavy atom. The van der Waals surface area contributed by atoms with Gasteiger partial charge in [-0.1, -0.05) is 109 Å². The van der Waals surface area contributed by atoms with Gasteiger partial charge in [-0.25, -0.2) is 4.79 Å². The average Bonchev–Trinajstić information content (AvgIpc) is 3.37. The zero-order valence-electron chi connectivity index (χ0n) is 44.8. The van der Waals surface area contributed by atoms with E-state index in [1.54, 1.807) is 25.2 Å². The zero-order chi connectivity index (χ0) is 53.0. The van der Waals surface area contributed by atoms with Crippen molar-refractivity contribution in [2.24, 2.45) is 0 Å². The van der Waals surface area contributed by atoms with Crippen LogP contribution in [0.5, 0.6) is 11.5 Å². The number of esters is 1. The summed E-state index contributed by atoms with van der Waals surface area (Å²) >= 11 is 0. The van der Waals surface area contributed by atoms with Gasteiger partial charge in [-0.15, -0.1) is 0 Å². The fourth-order valence-corrected chi connectivity index (χ4v) is 8.74. The minimum absolute atomic E-state index is 0.0504. The Kier molecular flexibility index (Phi) is 27.9. The van der Waals surface area contributed by atoms with Gasteiger partial charge in [-0.05, 0) is 81.3 Å². The highest BCUT2D eigenvalue weighted by Gasteiger charge is 2.34. The number of methoxy groups -OCH3 is 3. The lowest BCUT2D eigenvalue weighted by Crippen LogP contribution is -2.55. The van der Waals surface area contributed by atoms with Crippen LogP contribution in [0.25, 0.3) is 11.1 Å². The second kappa shape index (κ2) is 33.1. The molecule has 17 heteroatoms. The Balaban J connectivity index is 1.74. The number of hydrogen-bond donors (Lipinski definition) is 4. The number of amides is 6. The van der Waals surface area contributed by atoms with Crippen molar-refractivity contribution in [1.82, 2.24) is 31.1 Å². The van der Waals surface area contributed by atoms with E-state index in [0.717, 1.165) is 42.6 Å². The molecule has 0 saturated heterocycles. The van der Waals surface area contributed by atoms with E-state index in [1.807, 2.05) is 25.1 Å². The number of benzene rings is 2.